The van der Waals surface area contributed by atoms with Crippen molar-refractivity contribution in [3.8, 4) is 5.75 Å². The number of ether oxygens (including phenoxy) is 1. The number of rotatable bonds is 6. The molecule has 3 aliphatic rings. The van der Waals surface area contributed by atoms with Gasteiger partial charge in [-0.15, -0.1) is 13.2 Å². The number of halogens is 3. The van der Waals surface area contributed by atoms with Crippen LogP contribution in [0.4, 0.5) is 18.9 Å². The molecule has 5 N–H and O–H groups in total. The van der Waals surface area contributed by atoms with Crippen molar-refractivity contribution in [3.63, 3.8) is 0 Å². The van der Waals surface area contributed by atoms with E-state index >= 15 is 0 Å². The monoisotopic (exact) mass is 592 g/mol. The number of allylic oxidation sites excluding steroid dienone is 1. The van der Waals surface area contributed by atoms with Gasteiger partial charge in [-0.05, 0) is 62.5 Å². The SMILES string of the molecule is C=C.CC/C1=C(\C2(C)CCNCC2)C(=O)N(CC(=O)Nc2ccc(C(F)(F)F)cc2O)N/C(C2=CCOCC2)=N\CN1. The van der Waals surface area contributed by atoms with Gasteiger partial charge >= 0.3 is 6.18 Å². The molecule has 1 aromatic carbocycles. The van der Waals surface area contributed by atoms with Crippen LogP contribution in [-0.4, -0.2) is 67.3 Å². The van der Waals surface area contributed by atoms with Crippen LogP contribution in [0.15, 0.2) is 59.3 Å². The number of amides is 2. The van der Waals surface area contributed by atoms with E-state index in [1.165, 1.54) is 5.01 Å². The number of phenolic OH excluding ortho intramolecular Hbond substituents is 1. The molecule has 3 aliphatic heterocycles. The number of hydrogen-bond acceptors (Lipinski definition) is 8. The minimum Gasteiger partial charge on any atom is -0.506 e. The van der Waals surface area contributed by atoms with Crippen molar-refractivity contribution in [1.29, 1.82) is 0 Å². The summed E-state index contributed by atoms with van der Waals surface area (Å²) in [6.07, 6.45) is -0.246. The molecule has 10 nitrogen and oxygen atoms in total. The molecular weight excluding hydrogens is 553 g/mol. The van der Waals surface area contributed by atoms with Gasteiger partial charge < -0.3 is 25.8 Å². The van der Waals surface area contributed by atoms with Crippen LogP contribution in [-0.2, 0) is 20.5 Å². The second-order valence-electron chi connectivity index (χ2n) is 10.2. The molecule has 1 aromatic rings. The molecule has 2 amide bonds. The van der Waals surface area contributed by atoms with Crippen LogP contribution in [0, 0.1) is 5.41 Å². The maximum Gasteiger partial charge on any atom is 0.416 e. The van der Waals surface area contributed by atoms with Crippen LogP contribution in [0.5, 0.6) is 5.75 Å². The van der Waals surface area contributed by atoms with Gasteiger partial charge in [0.25, 0.3) is 5.91 Å². The summed E-state index contributed by atoms with van der Waals surface area (Å²) in [5, 5.41) is 20.4. The number of aromatic hydroxyl groups is 1. The Hall–Kier alpha value is -3.84. The van der Waals surface area contributed by atoms with Crippen LogP contribution in [0.25, 0.3) is 0 Å². The van der Waals surface area contributed by atoms with E-state index in [9.17, 15) is 27.9 Å². The van der Waals surface area contributed by atoms with Gasteiger partial charge in [0.15, 0.2) is 0 Å². The summed E-state index contributed by atoms with van der Waals surface area (Å²) in [4.78, 5) is 32.0. The predicted molar refractivity (Wildman–Crippen MR) is 154 cm³/mol. The minimum absolute atomic E-state index is 0.201. The van der Waals surface area contributed by atoms with E-state index in [0.29, 0.717) is 43.5 Å². The zero-order chi connectivity index (χ0) is 30.9. The number of anilines is 1. The number of hydrogen-bond donors (Lipinski definition) is 5. The fourth-order valence-electron chi connectivity index (χ4n) is 5.11. The lowest BCUT2D eigenvalue weighted by Crippen LogP contribution is -2.53. The number of piperidine rings is 1. The summed E-state index contributed by atoms with van der Waals surface area (Å²) >= 11 is 0. The van der Waals surface area contributed by atoms with Crippen LogP contribution >= 0.6 is 0 Å². The minimum atomic E-state index is -4.65. The molecule has 1 fully saturated rings. The Labute approximate surface area is 243 Å². The molecule has 0 radical (unpaired) electrons. The quantitative estimate of drug-likeness (QED) is 0.251. The first-order valence-corrected chi connectivity index (χ1v) is 13.8. The first-order valence-electron chi connectivity index (χ1n) is 13.8. The van der Waals surface area contributed by atoms with Crippen molar-refractivity contribution in [2.75, 3.05) is 44.8 Å². The standard InChI is InChI=1S/C27H35F3N6O4.C2H4/c1-3-19-23(26(2)8-10-31-11-9-26)25(39)36(35-24(33-16-32-19)17-6-12-40-13-7-17)15-22(38)34-20-5-4-18(14-21(20)37)27(28,29)30;1-2/h4-6,14,31-32,37H,3,7-13,15-16H2,1-2H3,(H,33,35)(H,34,38);1-2H2/b23-19+;. The van der Waals surface area contributed by atoms with E-state index in [2.05, 4.69) is 39.5 Å². The number of phenols is 1. The summed E-state index contributed by atoms with van der Waals surface area (Å²) in [7, 11) is 0. The Bertz CT molecular complexity index is 1240. The zero-order valence-electron chi connectivity index (χ0n) is 24.0. The smallest absolute Gasteiger partial charge is 0.416 e. The van der Waals surface area contributed by atoms with Gasteiger partial charge in [0, 0.05) is 16.7 Å². The highest BCUT2D eigenvalue weighted by Gasteiger charge is 2.40. The van der Waals surface area contributed by atoms with Crippen LogP contribution in [0.1, 0.15) is 45.1 Å². The molecule has 0 aromatic heterocycles. The molecule has 0 atom stereocenters. The van der Waals surface area contributed by atoms with Gasteiger partial charge in [-0.1, -0.05) is 19.9 Å². The summed E-state index contributed by atoms with van der Waals surface area (Å²) < 4.78 is 44.4. The summed E-state index contributed by atoms with van der Waals surface area (Å²) in [5.74, 6) is -1.43. The molecule has 4 rings (SSSR count). The molecule has 0 spiro atoms. The Kier molecular flexibility index (Phi) is 11.2. The predicted octanol–water partition coefficient (Wildman–Crippen LogP) is 3.84. The lowest BCUT2D eigenvalue weighted by molar-refractivity contribution is -0.137. The van der Waals surface area contributed by atoms with Gasteiger partial charge in [0.05, 0.1) is 24.5 Å². The van der Waals surface area contributed by atoms with E-state index in [1.807, 2.05) is 19.9 Å². The maximum absolute atomic E-state index is 14.3. The number of nitrogens with zero attached hydrogens (tertiary/aromatic N) is 2. The zero-order valence-corrected chi connectivity index (χ0v) is 24.0. The molecule has 42 heavy (non-hydrogen) atoms. The van der Waals surface area contributed by atoms with Crippen molar-refractivity contribution in [2.45, 2.75) is 45.7 Å². The van der Waals surface area contributed by atoms with Gasteiger partial charge in [-0.2, -0.15) is 13.2 Å². The number of alkyl halides is 3. The van der Waals surface area contributed by atoms with Gasteiger partial charge in [-0.25, -0.2) is 10.0 Å². The molecule has 3 heterocycles. The van der Waals surface area contributed by atoms with Crippen molar-refractivity contribution >= 4 is 23.3 Å². The lowest BCUT2D eigenvalue weighted by Gasteiger charge is -2.39. The number of nitrogens with one attached hydrogen (secondary N) is 4. The molecule has 1 saturated heterocycles. The number of hydrazine groups is 1. The Morgan fingerprint density at radius 3 is 2.57 bits per heavy atom. The van der Waals surface area contributed by atoms with Crippen LogP contribution in [0.3, 0.4) is 0 Å². The first-order chi connectivity index (χ1) is 20.0. The Morgan fingerprint density at radius 2 is 1.98 bits per heavy atom. The van der Waals surface area contributed by atoms with Crippen molar-refractivity contribution in [2.24, 2.45) is 10.4 Å². The highest BCUT2D eigenvalue weighted by atomic mass is 19.4. The lowest BCUT2D eigenvalue weighted by atomic mass is 9.72. The highest BCUT2D eigenvalue weighted by Crippen LogP contribution is 2.39. The number of amidine groups is 1. The van der Waals surface area contributed by atoms with Gasteiger partial charge in [0.1, 0.15) is 24.8 Å². The molecule has 0 saturated carbocycles. The third-order valence-corrected chi connectivity index (χ3v) is 7.36. The number of aliphatic imine (C=N–C) groups is 1. The van der Waals surface area contributed by atoms with Gasteiger partial charge in [-0.3, -0.25) is 15.0 Å². The topological polar surface area (TPSA) is 127 Å². The second-order valence-corrected chi connectivity index (χ2v) is 10.2. The van der Waals surface area contributed by atoms with E-state index in [0.717, 1.165) is 49.3 Å². The van der Waals surface area contributed by atoms with Crippen molar-refractivity contribution in [1.82, 2.24) is 21.1 Å². The van der Waals surface area contributed by atoms with E-state index in [1.54, 1.807) is 0 Å². The van der Waals surface area contributed by atoms with Crippen molar-refractivity contribution < 1.29 is 32.6 Å². The molecule has 0 bridgehead atoms. The summed E-state index contributed by atoms with van der Waals surface area (Å²) in [5.41, 5.74) is 3.48. The maximum atomic E-state index is 14.3. The molecule has 13 heteroatoms. The number of carbonyl (C=O) groups is 2. The normalized spacial score (nSPS) is 22.4. The second kappa shape index (κ2) is 14.4. The fourth-order valence-corrected chi connectivity index (χ4v) is 5.11. The summed E-state index contributed by atoms with van der Waals surface area (Å²) in [6, 6.07) is 2.28. The molecule has 0 unspecified atom stereocenters. The molecule has 230 valence electrons. The molecule has 0 aliphatic carbocycles. The highest BCUT2D eigenvalue weighted by molar-refractivity contribution is 6.04. The third kappa shape index (κ3) is 7.91. The first kappa shape index (κ1) is 32.7. The summed E-state index contributed by atoms with van der Waals surface area (Å²) in [6.45, 7) is 12.1. The number of carbonyl (C=O) groups excluding carboxylic acids is 2. The van der Waals surface area contributed by atoms with Crippen LogP contribution < -0.4 is 21.4 Å². The largest absolute Gasteiger partial charge is 0.506 e. The Morgan fingerprint density at radius 1 is 1.26 bits per heavy atom. The third-order valence-electron chi connectivity index (χ3n) is 7.36. The van der Waals surface area contributed by atoms with E-state index in [-0.39, 0.29) is 12.4 Å². The van der Waals surface area contributed by atoms with E-state index in [4.69, 9.17) is 4.74 Å². The fraction of sp³-hybridized carbons (Fsp3) is 0.483. The molecular formula is C29H39F3N6O4. The Balaban J connectivity index is 0.00000237. The number of benzene rings is 1. The van der Waals surface area contributed by atoms with Crippen LogP contribution in [0.2, 0.25) is 0 Å². The van der Waals surface area contributed by atoms with E-state index < -0.39 is 41.3 Å². The average molecular weight is 593 g/mol. The van der Waals surface area contributed by atoms with Crippen molar-refractivity contribution in [3.05, 3.63) is 59.8 Å². The average Bonchev–Trinajstić information content (AvgIpc) is 3.03. The van der Waals surface area contributed by atoms with Gasteiger partial charge in [0.2, 0.25) is 5.91 Å².